The van der Waals surface area contributed by atoms with Gasteiger partial charge in [0, 0.05) is 17.1 Å². The second kappa shape index (κ2) is 4.67. The van der Waals surface area contributed by atoms with E-state index in [1.807, 2.05) is 19.1 Å². The third kappa shape index (κ3) is 2.79. The third-order valence-corrected chi connectivity index (χ3v) is 3.63. The molecule has 0 bridgehead atoms. The largest absolute Gasteiger partial charge is 0.346 e. The lowest BCUT2D eigenvalue weighted by Gasteiger charge is -2.24. The number of hydrogen-bond acceptors (Lipinski definition) is 2. The van der Waals surface area contributed by atoms with E-state index in [4.69, 9.17) is 11.6 Å². The van der Waals surface area contributed by atoms with Gasteiger partial charge in [0.15, 0.2) is 0 Å². The van der Waals surface area contributed by atoms with Crippen LogP contribution in [-0.2, 0) is 0 Å². The first-order valence-corrected chi connectivity index (χ1v) is 6.17. The highest BCUT2D eigenvalue weighted by atomic mass is 35.5. The van der Waals surface area contributed by atoms with Crippen LogP contribution in [0.25, 0.3) is 0 Å². The van der Waals surface area contributed by atoms with Crippen molar-refractivity contribution in [3.8, 4) is 0 Å². The Labute approximate surface area is 107 Å². The Bertz CT molecular complexity index is 439. The molecule has 2 N–H and O–H groups in total. The van der Waals surface area contributed by atoms with Crippen molar-refractivity contribution < 1.29 is 4.79 Å². The summed E-state index contributed by atoms with van der Waals surface area (Å²) in [6.45, 7) is 5.75. The maximum absolute atomic E-state index is 12.1. The fourth-order valence-electron chi connectivity index (χ4n) is 2.00. The fraction of sp³-hybridized carbons (Fsp3) is 0.462. The Morgan fingerprint density at radius 2 is 2.29 bits per heavy atom. The molecule has 0 aromatic heterocycles. The minimum Gasteiger partial charge on any atom is -0.346 e. The van der Waals surface area contributed by atoms with Gasteiger partial charge in [-0.2, -0.15) is 0 Å². The molecule has 17 heavy (non-hydrogen) atoms. The van der Waals surface area contributed by atoms with Gasteiger partial charge in [-0.25, -0.2) is 0 Å². The summed E-state index contributed by atoms with van der Waals surface area (Å²) < 4.78 is 0. The van der Waals surface area contributed by atoms with Crippen LogP contribution in [0.5, 0.6) is 0 Å². The summed E-state index contributed by atoms with van der Waals surface area (Å²) >= 11 is 6.02. The molecular formula is C13H17ClN2O. The van der Waals surface area contributed by atoms with Crippen LogP contribution >= 0.6 is 11.6 Å². The fourth-order valence-corrected chi connectivity index (χ4v) is 2.18. The number of halogens is 1. The number of aryl methyl sites for hydroxylation is 1. The summed E-state index contributed by atoms with van der Waals surface area (Å²) in [5, 5.41) is 6.94. The molecule has 1 fully saturated rings. The molecule has 1 heterocycles. The maximum atomic E-state index is 12.1. The van der Waals surface area contributed by atoms with Gasteiger partial charge in [0.25, 0.3) is 5.91 Å². The first-order valence-electron chi connectivity index (χ1n) is 5.80. The minimum atomic E-state index is -0.144. The number of carbonyl (C=O) groups is 1. The summed E-state index contributed by atoms with van der Waals surface area (Å²) in [6.07, 6.45) is 0.957. The molecule has 1 aromatic carbocycles. The Kier molecular flexibility index (Phi) is 3.40. The molecule has 0 aliphatic carbocycles. The zero-order chi connectivity index (χ0) is 12.5. The van der Waals surface area contributed by atoms with Crippen LogP contribution in [0.3, 0.4) is 0 Å². The molecule has 1 aliphatic heterocycles. The molecular weight excluding hydrogens is 236 g/mol. The van der Waals surface area contributed by atoms with Crippen LogP contribution in [0.2, 0.25) is 5.02 Å². The molecule has 1 saturated heterocycles. The van der Waals surface area contributed by atoms with E-state index in [2.05, 4.69) is 17.6 Å². The number of benzene rings is 1. The van der Waals surface area contributed by atoms with Gasteiger partial charge in [0.05, 0.1) is 5.54 Å². The van der Waals surface area contributed by atoms with Crippen molar-refractivity contribution in [2.45, 2.75) is 25.8 Å². The van der Waals surface area contributed by atoms with E-state index in [-0.39, 0.29) is 11.4 Å². The average molecular weight is 253 g/mol. The van der Waals surface area contributed by atoms with Gasteiger partial charge in [-0.3, -0.25) is 4.79 Å². The van der Waals surface area contributed by atoms with Crippen LogP contribution < -0.4 is 10.6 Å². The number of amides is 1. The van der Waals surface area contributed by atoms with E-state index in [0.29, 0.717) is 10.6 Å². The topological polar surface area (TPSA) is 41.1 Å². The van der Waals surface area contributed by atoms with E-state index in [0.717, 1.165) is 25.1 Å². The molecule has 0 radical (unpaired) electrons. The van der Waals surface area contributed by atoms with Gasteiger partial charge in [0.1, 0.15) is 0 Å². The molecule has 92 valence electrons. The summed E-state index contributed by atoms with van der Waals surface area (Å²) in [5.41, 5.74) is 1.46. The van der Waals surface area contributed by atoms with Crippen molar-refractivity contribution in [3.05, 3.63) is 34.3 Å². The van der Waals surface area contributed by atoms with E-state index < -0.39 is 0 Å². The minimum absolute atomic E-state index is 0.0573. The molecule has 1 unspecified atom stereocenters. The zero-order valence-electron chi connectivity index (χ0n) is 10.1. The molecule has 2 rings (SSSR count). The molecule has 1 atom stereocenters. The van der Waals surface area contributed by atoms with Crippen molar-refractivity contribution in [1.82, 2.24) is 10.6 Å². The molecule has 3 nitrogen and oxygen atoms in total. The van der Waals surface area contributed by atoms with Crippen molar-refractivity contribution in [3.63, 3.8) is 0 Å². The first kappa shape index (κ1) is 12.4. The van der Waals surface area contributed by atoms with Gasteiger partial charge < -0.3 is 10.6 Å². The van der Waals surface area contributed by atoms with E-state index >= 15 is 0 Å². The van der Waals surface area contributed by atoms with Crippen LogP contribution in [-0.4, -0.2) is 24.5 Å². The van der Waals surface area contributed by atoms with Crippen LogP contribution in [0.1, 0.15) is 29.3 Å². The zero-order valence-corrected chi connectivity index (χ0v) is 10.9. The maximum Gasteiger partial charge on any atom is 0.251 e. The predicted octanol–water partition coefficient (Wildman–Crippen LogP) is 2.13. The molecule has 4 heteroatoms. The Morgan fingerprint density at radius 3 is 2.88 bits per heavy atom. The quantitative estimate of drug-likeness (QED) is 0.847. The Morgan fingerprint density at radius 1 is 1.53 bits per heavy atom. The van der Waals surface area contributed by atoms with Gasteiger partial charge in [0.2, 0.25) is 0 Å². The van der Waals surface area contributed by atoms with Crippen molar-refractivity contribution in [2.75, 3.05) is 13.1 Å². The lowest BCUT2D eigenvalue weighted by atomic mass is 10.0. The highest BCUT2D eigenvalue weighted by Crippen LogP contribution is 2.18. The van der Waals surface area contributed by atoms with Crippen LogP contribution in [0.4, 0.5) is 0 Å². The van der Waals surface area contributed by atoms with Gasteiger partial charge >= 0.3 is 0 Å². The van der Waals surface area contributed by atoms with Gasteiger partial charge in [-0.15, -0.1) is 0 Å². The van der Waals surface area contributed by atoms with Crippen molar-refractivity contribution >= 4 is 17.5 Å². The molecule has 1 aromatic rings. The van der Waals surface area contributed by atoms with Crippen LogP contribution in [0, 0.1) is 6.92 Å². The number of rotatable bonds is 2. The van der Waals surface area contributed by atoms with E-state index in [1.54, 1.807) is 6.07 Å². The van der Waals surface area contributed by atoms with Gasteiger partial charge in [-0.05, 0) is 44.5 Å². The first-order chi connectivity index (χ1) is 8.00. The monoisotopic (exact) mass is 252 g/mol. The smallest absolute Gasteiger partial charge is 0.251 e. The molecule has 0 saturated carbocycles. The predicted molar refractivity (Wildman–Crippen MR) is 69.5 cm³/mol. The SMILES string of the molecule is Cc1ccc(C(=O)NC2(C)CCNC2)cc1Cl. The summed E-state index contributed by atoms with van der Waals surface area (Å²) in [4.78, 5) is 12.1. The highest BCUT2D eigenvalue weighted by Gasteiger charge is 2.30. The summed E-state index contributed by atoms with van der Waals surface area (Å²) in [5.74, 6) is -0.0573. The molecule has 1 amide bonds. The van der Waals surface area contributed by atoms with Gasteiger partial charge in [-0.1, -0.05) is 17.7 Å². The third-order valence-electron chi connectivity index (χ3n) is 3.22. The Balaban J connectivity index is 2.11. The second-order valence-electron chi connectivity index (χ2n) is 4.91. The van der Waals surface area contributed by atoms with Crippen molar-refractivity contribution in [1.29, 1.82) is 0 Å². The second-order valence-corrected chi connectivity index (χ2v) is 5.31. The van der Waals surface area contributed by atoms with Crippen LogP contribution in [0.15, 0.2) is 18.2 Å². The van der Waals surface area contributed by atoms with Crippen molar-refractivity contribution in [2.24, 2.45) is 0 Å². The normalized spacial score (nSPS) is 23.7. The number of hydrogen-bond donors (Lipinski definition) is 2. The van der Waals surface area contributed by atoms with E-state index in [1.165, 1.54) is 0 Å². The lowest BCUT2D eigenvalue weighted by Crippen LogP contribution is -2.47. The molecule has 0 spiro atoms. The average Bonchev–Trinajstić information content (AvgIpc) is 2.69. The lowest BCUT2D eigenvalue weighted by molar-refractivity contribution is 0.0913. The number of nitrogens with one attached hydrogen (secondary N) is 2. The summed E-state index contributed by atoms with van der Waals surface area (Å²) in [6, 6.07) is 5.40. The number of carbonyl (C=O) groups excluding carboxylic acids is 1. The summed E-state index contributed by atoms with van der Waals surface area (Å²) in [7, 11) is 0. The standard InChI is InChI=1S/C13H17ClN2O/c1-9-3-4-10(7-11(9)14)12(17)16-13(2)5-6-15-8-13/h3-4,7,15H,5-6,8H2,1-2H3,(H,16,17). The Hall–Kier alpha value is -1.06. The highest BCUT2D eigenvalue weighted by molar-refractivity contribution is 6.31. The molecule has 1 aliphatic rings. The van der Waals surface area contributed by atoms with E-state index in [9.17, 15) is 4.79 Å².